The molecule has 0 saturated heterocycles. The number of fused-ring (bicyclic) bond motifs is 1. The Kier molecular flexibility index (Phi) is 3.68. The molecule has 6 nitrogen and oxygen atoms in total. The third-order valence-corrected chi connectivity index (χ3v) is 3.26. The third-order valence-electron chi connectivity index (χ3n) is 3.26. The predicted molar refractivity (Wildman–Crippen MR) is 81.0 cm³/mol. The molecule has 0 fully saturated rings. The number of hydrogen-bond acceptors (Lipinski definition) is 5. The second-order valence-corrected chi connectivity index (χ2v) is 4.88. The van der Waals surface area contributed by atoms with Crippen LogP contribution in [-0.4, -0.2) is 26.1 Å². The van der Waals surface area contributed by atoms with Gasteiger partial charge in [0.1, 0.15) is 17.6 Å². The molecule has 0 radical (unpaired) electrons. The highest BCUT2D eigenvalue weighted by molar-refractivity contribution is 5.80. The van der Waals surface area contributed by atoms with Crippen LogP contribution in [-0.2, 0) is 6.54 Å². The average Bonchev–Trinajstić information content (AvgIpc) is 2.90. The van der Waals surface area contributed by atoms with Crippen LogP contribution in [0.3, 0.4) is 0 Å². The van der Waals surface area contributed by atoms with Crippen molar-refractivity contribution < 1.29 is 4.74 Å². The number of hydrogen-bond donors (Lipinski definition) is 1. The lowest BCUT2D eigenvalue weighted by Crippen LogP contribution is -2.04. The molecule has 2 aromatic heterocycles. The summed E-state index contributed by atoms with van der Waals surface area (Å²) in [7, 11) is 0. The van der Waals surface area contributed by atoms with Gasteiger partial charge in [0.05, 0.1) is 12.9 Å². The van der Waals surface area contributed by atoms with Crippen molar-refractivity contribution >= 4 is 17.0 Å². The molecule has 21 heavy (non-hydrogen) atoms. The smallest absolute Gasteiger partial charge is 0.165 e. The molecule has 0 aliphatic carbocycles. The molecular formula is C15H17N5O. The molecule has 0 aliphatic rings. The van der Waals surface area contributed by atoms with Gasteiger partial charge in [0.25, 0.3) is 0 Å². The first-order valence-electron chi connectivity index (χ1n) is 6.85. The Morgan fingerprint density at radius 3 is 2.76 bits per heavy atom. The summed E-state index contributed by atoms with van der Waals surface area (Å²) in [5.41, 5.74) is 8.40. The van der Waals surface area contributed by atoms with Crippen molar-refractivity contribution in [2.75, 3.05) is 12.3 Å². The van der Waals surface area contributed by atoms with E-state index in [4.69, 9.17) is 10.5 Å². The van der Waals surface area contributed by atoms with E-state index in [0.29, 0.717) is 17.9 Å². The van der Waals surface area contributed by atoms with E-state index in [2.05, 4.69) is 21.9 Å². The quantitative estimate of drug-likeness (QED) is 0.726. The second kappa shape index (κ2) is 5.78. The van der Waals surface area contributed by atoms with Crippen LogP contribution in [0.4, 0.5) is 5.82 Å². The van der Waals surface area contributed by atoms with Crippen LogP contribution in [0.5, 0.6) is 5.75 Å². The molecule has 0 unspecified atom stereocenters. The minimum absolute atomic E-state index is 0.412. The van der Waals surface area contributed by atoms with E-state index in [1.54, 1.807) is 6.33 Å². The van der Waals surface area contributed by atoms with Gasteiger partial charge in [-0.05, 0) is 25.5 Å². The fourth-order valence-corrected chi connectivity index (χ4v) is 2.12. The molecule has 108 valence electrons. The summed E-state index contributed by atoms with van der Waals surface area (Å²) >= 11 is 0. The lowest BCUT2D eigenvalue weighted by Gasteiger charge is -2.07. The maximum absolute atomic E-state index is 5.76. The summed E-state index contributed by atoms with van der Waals surface area (Å²) in [4.78, 5) is 12.4. The van der Waals surface area contributed by atoms with Gasteiger partial charge < -0.3 is 15.0 Å². The molecule has 0 aliphatic heterocycles. The molecule has 3 aromatic rings. The van der Waals surface area contributed by atoms with Gasteiger partial charge in [-0.2, -0.15) is 0 Å². The summed E-state index contributed by atoms with van der Waals surface area (Å²) in [6.07, 6.45) is 4.06. The first kappa shape index (κ1) is 13.4. The van der Waals surface area contributed by atoms with Crippen molar-refractivity contribution in [3.05, 3.63) is 42.5 Å². The summed E-state index contributed by atoms with van der Waals surface area (Å²) < 4.78 is 7.67. The van der Waals surface area contributed by atoms with Crippen molar-refractivity contribution in [3.63, 3.8) is 0 Å². The zero-order chi connectivity index (χ0) is 14.7. The molecule has 3 rings (SSSR count). The highest BCUT2D eigenvalue weighted by Gasteiger charge is 2.07. The van der Waals surface area contributed by atoms with Gasteiger partial charge in [-0.25, -0.2) is 15.0 Å². The second-order valence-electron chi connectivity index (χ2n) is 4.88. The number of ether oxygens (including phenoxy) is 1. The van der Waals surface area contributed by atoms with Crippen molar-refractivity contribution in [1.29, 1.82) is 0 Å². The van der Waals surface area contributed by atoms with Gasteiger partial charge >= 0.3 is 0 Å². The molecule has 2 N–H and O–H groups in total. The van der Waals surface area contributed by atoms with Gasteiger partial charge in [-0.15, -0.1) is 0 Å². The molecule has 0 amide bonds. The molecule has 1 aromatic carbocycles. The lowest BCUT2D eigenvalue weighted by molar-refractivity contribution is 0.302. The zero-order valence-corrected chi connectivity index (χ0v) is 11.9. The summed E-state index contributed by atoms with van der Waals surface area (Å²) in [5, 5.41) is 0. The standard InChI is InChI=1S/C15H17N5O/c1-11-3-5-12(6-4-11)21-8-2-7-20-10-19-13-14(16)17-9-18-15(13)20/h3-6,9-10H,2,7-8H2,1H3,(H2,16,17,18). The Morgan fingerprint density at radius 1 is 1.14 bits per heavy atom. The minimum Gasteiger partial charge on any atom is -0.494 e. The van der Waals surface area contributed by atoms with E-state index < -0.39 is 0 Å². The number of benzene rings is 1. The van der Waals surface area contributed by atoms with Crippen LogP contribution >= 0.6 is 0 Å². The Hall–Kier alpha value is -2.63. The van der Waals surface area contributed by atoms with Crippen molar-refractivity contribution in [2.45, 2.75) is 19.9 Å². The molecular weight excluding hydrogens is 266 g/mol. The van der Waals surface area contributed by atoms with Crippen LogP contribution in [0.1, 0.15) is 12.0 Å². The fourth-order valence-electron chi connectivity index (χ4n) is 2.12. The number of rotatable bonds is 5. The zero-order valence-electron chi connectivity index (χ0n) is 11.9. The van der Waals surface area contributed by atoms with Crippen LogP contribution in [0.2, 0.25) is 0 Å². The maximum atomic E-state index is 5.76. The number of nitrogens with two attached hydrogens (primary N) is 1. The van der Waals surface area contributed by atoms with E-state index >= 15 is 0 Å². The van der Waals surface area contributed by atoms with E-state index in [-0.39, 0.29) is 0 Å². The normalized spacial score (nSPS) is 10.9. The van der Waals surface area contributed by atoms with Gasteiger partial charge in [0.15, 0.2) is 11.5 Å². The Balaban J connectivity index is 1.57. The summed E-state index contributed by atoms with van der Waals surface area (Å²) in [6.45, 7) is 3.48. The number of nitrogen functional groups attached to an aromatic ring is 1. The largest absolute Gasteiger partial charge is 0.494 e. The fraction of sp³-hybridized carbons (Fsp3) is 0.267. The van der Waals surface area contributed by atoms with Crippen LogP contribution in [0, 0.1) is 6.92 Å². The molecule has 0 saturated carbocycles. The topological polar surface area (TPSA) is 78.9 Å². The van der Waals surface area contributed by atoms with Crippen molar-refractivity contribution in [2.24, 2.45) is 0 Å². The molecule has 2 heterocycles. The minimum atomic E-state index is 0.412. The van der Waals surface area contributed by atoms with Gasteiger partial charge in [0, 0.05) is 6.54 Å². The number of nitrogens with zero attached hydrogens (tertiary/aromatic N) is 4. The molecule has 0 bridgehead atoms. The number of anilines is 1. The lowest BCUT2D eigenvalue weighted by atomic mass is 10.2. The molecule has 0 atom stereocenters. The Morgan fingerprint density at radius 2 is 1.95 bits per heavy atom. The van der Waals surface area contributed by atoms with Crippen LogP contribution in [0.15, 0.2) is 36.9 Å². The first-order valence-corrected chi connectivity index (χ1v) is 6.85. The SMILES string of the molecule is Cc1ccc(OCCCn2cnc3c(N)ncnc32)cc1. The van der Waals surface area contributed by atoms with Gasteiger partial charge in [-0.1, -0.05) is 17.7 Å². The summed E-state index contributed by atoms with van der Waals surface area (Å²) in [6, 6.07) is 8.04. The van der Waals surface area contributed by atoms with Crippen LogP contribution in [0.25, 0.3) is 11.2 Å². The first-order chi connectivity index (χ1) is 10.2. The Bertz CT molecular complexity index is 735. The summed E-state index contributed by atoms with van der Waals surface area (Å²) in [5.74, 6) is 1.30. The van der Waals surface area contributed by atoms with E-state index in [9.17, 15) is 0 Å². The number of aryl methyl sites for hydroxylation is 2. The number of aromatic nitrogens is 4. The van der Waals surface area contributed by atoms with E-state index in [0.717, 1.165) is 24.4 Å². The maximum Gasteiger partial charge on any atom is 0.165 e. The van der Waals surface area contributed by atoms with Crippen molar-refractivity contribution in [3.8, 4) is 5.75 Å². The molecule has 0 spiro atoms. The van der Waals surface area contributed by atoms with Gasteiger partial charge in [-0.3, -0.25) is 0 Å². The van der Waals surface area contributed by atoms with E-state index in [1.165, 1.54) is 11.9 Å². The van der Waals surface area contributed by atoms with Gasteiger partial charge in [0.2, 0.25) is 0 Å². The van der Waals surface area contributed by atoms with Crippen LogP contribution < -0.4 is 10.5 Å². The van der Waals surface area contributed by atoms with Crippen molar-refractivity contribution in [1.82, 2.24) is 19.5 Å². The third kappa shape index (κ3) is 2.94. The predicted octanol–water partition coefficient (Wildman–Crippen LogP) is 2.19. The highest BCUT2D eigenvalue weighted by atomic mass is 16.5. The monoisotopic (exact) mass is 283 g/mol. The van der Waals surface area contributed by atoms with E-state index in [1.807, 2.05) is 28.8 Å². The highest BCUT2D eigenvalue weighted by Crippen LogP contribution is 2.15. The average molecular weight is 283 g/mol. The molecule has 6 heteroatoms. The number of imidazole rings is 1. The Labute approximate surface area is 122 Å².